The van der Waals surface area contributed by atoms with Gasteiger partial charge in [0.15, 0.2) is 0 Å². The zero-order valence-electron chi connectivity index (χ0n) is 17.1. The van der Waals surface area contributed by atoms with Crippen molar-refractivity contribution in [3.63, 3.8) is 0 Å². The van der Waals surface area contributed by atoms with E-state index >= 15 is 0 Å². The minimum absolute atomic E-state index is 0.407. The molecule has 32 heavy (non-hydrogen) atoms. The van der Waals surface area contributed by atoms with Gasteiger partial charge in [-0.1, -0.05) is 0 Å². The Morgan fingerprint density at radius 1 is 0.719 bits per heavy atom. The van der Waals surface area contributed by atoms with Gasteiger partial charge in [0.2, 0.25) is 0 Å². The van der Waals surface area contributed by atoms with Crippen LogP contribution in [0, 0.1) is 10.2 Å². The Morgan fingerprint density at radius 2 is 1.22 bits per heavy atom. The van der Waals surface area contributed by atoms with E-state index in [1.807, 2.05) is 42.7 Å². The Hall–Kier alpha value is -2.35. The summed E-state index contributed by atoms with van der Waals surface area (Å²) in [4.78, 5) is 9.16. The van der Waals surface area contributed by atoms with Crippen LogP contribution in [0.2, 0.25) is 0 Å². The Morgan fingerprint density at radius 3 is 1.72 bits per heavy atom. The van der Waals surface area contributed by atoms with E-state index in [4.69, 9.17) is 4.08 Å². The molecule has 4 rings (SSSR count). The number of hydrogen-bond acceptors (Lipinski definition) is 7. The number of benzene rings is 3. The van der Waals surface area contributed by atoms with Gasteiger partial charge < -0.3 is 0 Å². The molecule has 0 radical (unpaired) electrons. The van der Waals surface area contributed by atoms with Gasteiger partial charge in [0.1, 0.15) is 0 Å². The summed E-state index contributed by atoms with van der Waals surface area (Å²) in [6, 6.07) is 25.3. The first-order valence-electron chi connectivity index (χ1n) is 9.57. The van der Waals surface area contributed by atoms with E-state index in [0.717, 1.165) is 4.90 Å². The molecular formula is C23H20ClN2O4PS. The van der Waals surface area contributed by atoms with Gasteiger partial charge in [-0.2, -0.15) is 0 Å². The maximum atomic E-state index is 12.5. The van der Waals surface area contributed by atoms with Crippen molar-refractivity contribution in [3.8, 4) is 0 Å². The van der Waals surface area contributed by atoms with Crippen LogP contribution in [0.5, 0.6) is 0 Å². The number of nitrogens with zero attached hydrogens (tertiary/aromatic N) is 2. The van der Waals surface area contributed by atoms with Gasteiger partial charge in [-0.05, 0) is 0 Å². The zero-order chi connectivity index (χ0) is 22.7. The summed E-state index contributed by atoms with van der Waals surface area (Å²) in [6.45, 7) is -4.64. The van der Waals surface area contributed by atoms with Crippen molar-refractivity contribution in [1.82, 2.24) is 9.97 Å². The van der Waals surface area contributed by atoms with Crippen LogP contribution in [0.1, 0.15) is 0 Å². The Labute approximate surface area is 192 Å². The van der Waals surface area contributed by atoms with E-state index in [0.29, 0.717) is 21.2 Å². The first kappa shape index (κ1) is 22.8. The Kier molecular flexibility index (Phi) is 6.34. The average molecular weight is 487 g/mol. The fourth-order valence-electron chi connectivity index (χ4n) is 4.11. The molecule has 6 nitrogen and oxygen atoms in total. The molecule has 4 aromatic rings. The Bertz CT molecular complexity index is 1100. The third kappa shape index (κ3) is 3.62. The van der Waals surface area contributed by atoms with Crippen LogP contribution in [-0.4, -0.2) is 16.2 Å². The number of hydrogen-bond donors (Lipinski definition) is 0. The first-order chi connectivity index (χ1) is 15.4. The van der Waals surface area contributed by atoms with Crippen molar-refractivity contribution in [2.75, 3.05) is 6.26 Å². The summed E-state index contributed by atoms with van der Waals surface area (Å²) in [7, 11) is -4.88. The Balaban J connectivity index is 2.36. The maximum absolute atomic E-state index is 12.5. The number of aromatic nitrogens is 2. The summed E-state index contributed by atoms with van der Waals surface area (Å²) in [6.07, 6.45) is 6.31. The van der Waals surface area contributed by atoms with Crippen LogP contribution >= 0.6 is 18.6 Å². The molecule has 164 valence electrons. The number of rotatable bonds is 7. The molecule has 3 aromatic carbocycles. The van der Waals surface area contributed by atoms with E-state index in [2.05, 4.69) is 9.97 Å². The van der Waals surface area contributed by atoms with Crippen LogP contribution < -0.4 is 35.2 Å². The second kappa shape index (κ2) is 8.89. The van der Waals surface area contributed by atoms with Crippen molar-refractivity contribution in [2.24, 2.45) is 0 Å². The van der Waals surface area contributed by atoms with Gasteiger partial charge in [-0.25, -0.2) is 0 Å². The summed E-state index contributed by atoms with van der Waals surface area (Å²) in [5, 5.41) is 2.09. The molecule has 0 N–H and O–H groups in total. The van der Waals surface area contributed by atoms with Gasteiger partial charge in [0, 0.05) is 0 Å². The van der Waals surface area contributed by atoms with Gasteiger partial charge in [-0.15, -0.1) is 0 Å². The van der Waals surface area contributed by atoms with Crippen molar-refractivity contribution in [3.05, 3.63) is 104 Å². The summed E-state index contributed by atoms with van der Waals surface area (Å²) < 4.78 is 43.5. The van der Waals surface area contributed by atoms with Crippen molar-refractivity contribution >= 4 is 39.8 Å². The average Bonchev–Trinajstić information content (AvgIpc) is 2.84. The standard InChI is InChI=1S/C23H20ClN2O4PS/c1-32-23-15-9-8-14-22(23)31(30-24(27,28)29,19-10-4-2-5-11-19,20-12-6-3-7-13-20)21-16-25-18-26-17-21/h2-18H,1H3. The zero-order valence-corrected chi connectivity index (χ0v) is 19.5. The molecular weight excluding hydrogens is 467 g/mol. The van der Waals surface area contributed by atoms with Gasteiger partial charge >= 0.3 is 193 Å². The van der Waals surface area contributed by atoms with Crippen molar-refractivity contribution < 1.29 is 28.3 Å². The van der Waals surface area contributed by atoms with Crippen molar-refractivity contribution in [2.45, 2.75) is 4.90 Å². The van der Waals surface area contributed by atoms with Crippen LogP contribution in [-0.2, 0) is 4.08 Å². The number of halogens is 1. The van der Waals surface area contributed by atoms with Crippen LogP contribution in [0.25, 0.3) is 0 Å². The molecule has 0 saturated carbocycles. The molecule has 0 saturated heterocycles. The molecule has 0 amide bonds. The fraction of sp³-hybridized carbons (Fsp3) is 0.0435. The molecule has 0 bridgehead atoms. The third-order valence-electron chi connectivity index (χ3n) is 5.30. The quantitative estimate of drug-likeness (QED) is 0.271. The predicted octanol–water partition coefficient (Wildman–Crippen LogP) is 0.183. The van der Waals surface area contributed by atoms with Gasteiger partial charge in [0.05, 0.1) is 0 Å². The van der Waals surface area contributed by atoms with E-state index in [9.17, 15) is 14.0 Å². The molecule has 9 heteroatoms. The van der Waals surface area contributed by atoms with Crippen LogP contribution in [0.15, 0.2) is 109 Å². The minimum atomic E-state index is -4.88. The second-order valence-electron chi connectivity index (χ2n) is 6.92. The second-order valence-corrected chi connectivity index (χ2v) is 13.2. The summed E-state index contributed by atoms with van der Waals surface area (Å²) in [5.74, 6) is 0. The molecule has 1 aromatic heterocycles. The predicted molar refractivity (Wildman–Crippen MR) is 120 cm³/mol. The normalized spacial score (nSPS) is 13.3. The van der Waals surface area contributed by atoms with Crippen molar-refractivity contribution in [1.29, 1.82) is 0 Å². The third-order valence-corrected chi connectivity index (χ3v) is 13.1. The molecule has 0 aliphatic heterocycles. The molecule has 0 fully saturated rings. The topological polar surface area (TPSA) is 104 Å². The number of thioether (sulfide) groups is 1. The van der Waals surface area contributed by atoms with E-state index in [1.54, 1.807) is 48.5 Å². The molecule has 0 spiro atoms. The summed E-state index contributed by atoms with van der Waals surface area (Å²) in [5.41, 5.74) is 0. The molecule has 0 atom stereocenters. The van der Waals surface area contributed by atoms with Crippen LogP contribution in [0.4, 0.5) is 0 Å². The molecule has 0 aliphatic carbocycles. The first-order valence-corrected chi connectivity index (χ1v) is 14.2. The molecule has 1 heterocycles. The molecule has 0 aliphatic rings. The van der Waals surface area contributed by atoms with Gasteiger partial charge in [0.25, 0.3) is 0 Å². The summed E-state index contributed by atoms with van der Waals surface area (Å²) >= 11 is 1.44. The van der Waals surface area contributed by atoms with E-state index < -0.39 is 17.1 Å². The fourth-order valence-corrected chi connectivity index (χ4v) is 12.7. The van der Waals surface area contributed by atoms with Crippen LogP contribution in [0.3, 0.4) is 0 Å². The molecule has 0 unspecified atom stereocenters. The monoisotopic (exact) mass is 486 g/mol. The van der Waals surface area contributed by atoms with E-state index in [-0.39, 0.29) is 0 Å². The van der Waals surface area contributed by atoms with E-state index in [1.165, 1.54) is 30.5 Å². The van der Waals surface area contributed by atoms with Gasteiger partial charge in [-0.3, -0.25) is 0 Å². The SMILES string of the molecule is CSc1ccccc1P(O[Cl+3]([O-])([O-])[O-])(c1ccccc1)(c1ccccc1)c1cncnc1.